The highest BCUT2D eigenvalue weighted by molar-refractivity contribution is 7.89. The quantitative estimate of drug-likeness (QED) is 0.718. The lowest BCUT2D eigenvalue weighted by Crippen LogP contribution is -2.40. The fourth-order valence-electron chi connectivity index (χ4n) is 3.22. The van der Waals surface area contributed by atoms with Crippen LogP contribution in [0.5, 0.6) is 11.5 Å². The molecule has 0 spiro atoms. The van der Waals surface area contributed by atoms with E-state index in [1.165, 1.54) is 25.3 Å². The van der Waals surface area contributed by atoms with Gasteiger partial charge in [0, 0.05) is 19.1 Å². The molecule has 0 radical (unpaired) electrons. The molecule has 1 aliphatic heterocycles. The number of carbonyl (C=O) groups excluding carboxylic acids is 1. The largest absolute Gasteiger partial charge is 0.497 e. The second-order valence-corrected chi connectivity index (χ2v) is 8.60. The first-order valence-electron chi connectivity index (χ1n) is 9.57. The highest BCUT2D eigenvalue weighted by Crippen LogP contribution is 2.26. The number of sulfonamides is 1. The van der Waals surface area contributed by atoms with E-state index >= 15 is 0 Å². The number of amides is 1. The van der Waals surface area contributed by atoms with Gasteiger partial charge in [0.15, 0.2) is 0 Å². The number of nitrogens with one attached hydrogen (secondary N) is 1. The van der Waals surface area contributed by atoms with Gasteiger partial charge in [-0.05, 0) is 42.8 Å². The van der Waals surface area contributed by atoms with Crippen molar-refractivity contribution >= 4 is 15.9 Å². The molecule has 1 amide bonds. The van der Waals surface area contributed by atoms with Gasteiger partial charge in [0.2, 0.25) is 10.0 Å². The lowest BCUT2D eigenvalue weighted by molar-refractivity contribution is 0.0300. The van der Waals surface area contributed by atoms with E-state index in [0.717, 1.165) is 5.56 Å². The van der Waals surface area contributed by atoms with Gasteiger partial charge in [-0.25, -0.2) is 13.1 Å². The Morgan fingerprint density at radius 1 is 1.07 bits per heavy atom. The summed E-state index contributed by atoms with van der Waals surface area (Å²) in [5.41, 5.74) is 0.997. The van der Waals surface area contributed by atoms with Crippen LogP contribution in [-0.4, -0.2) is 59.7 Å². The number of morpholine rings is 1. The zero-order chi connectivity index (χ0) is 21.7. The van der Waals surface area contributed by atoms with Crippen molar-refractivity contribution in [3.8, 4) is 11.5 Å². The van der Waals surface area contributed by atoms with Gasteiger partial charge in [0.05, 0.1) is 37.9 Å². The highest BCUT2D eigenvalue weighted by Gasteiger charge is 2.25. The molecule has 30 heavy (non-hydrogen) atoms. The number of nitrogens with zero attached hydrogens (tertiary/aromatic N) is 1. The third-order valence-electron chi connectivity index (χ3n) is 4.96. The zero-order valence-electron chi connectivity index (χ0n) is 17.3. The predicted octanol–water partition coefficient (Wildman–Crippen LogP) is 2.22. The van der Waals surface area contributed by atoms with E-state index < -0.39 is 16.1 Å². The molecular formula is C21H26N2O6S. The van der Waals surface area contributed by atoms with Gasteiger partial charge in [-0.2, -0.15) is 0 Å². The summed E-state index contributed by atoms with van der Waals surface area (Å²) in [4.78, 5) is 14.6. The van der Waals surface area contributed by atoms with Crippen molar-refractivity contribution in [2.24, 2.45) is 0 Å². The second-order valence-electron chi connectivity index (χ2n) is 6.88. The summed E-state index contributed by atoms with van der Waals surface area (Å²) in [7, 11) is -0.849. The van der Waals surface area contributed by atoms with Crippen LogP contribution in [0.3, 0.4) is 0 Å². The van der Waals surface area contributed by atoms with Gasteiger partial charge in [0.25, 0.3) is 5.91 Å². The first-order chi connectivity index (χ1) is 14.4. The molecule has 1 saturated heterocycles. The SMILES string of the molecule is COc1ccc([C@H](C)NS(=O)(=O)c2ccc(OC)c(C(=O)N3CCOCC3)c2)cc1. The molecule has 2 aromatic carbocycles. The fraction of sp³-hybridized carbons (Fsp3) is 0.381. The van der Waals surface area contributed by atoms with Crippen LogP contribution in [0.25, 0.3) is 0 Å². The third kappa shape index (κ3) is 4.92. The summed E-state index contributed by atoms with van der Waals surface area (Å²) < 4.78 is 44.3. The molecule has 0 unspecified atom stereocenters. The van der Waals surface area contributed by atoms with Gasteiger partial charge in [-0.3, -0.25) is 4.79 Å². The Labute approximate surface area is 176 Å². The van der Waals surface area contributed by atoms with Crippen molar-refractivity contribution in [3.05, 3.63) is 53.6 Å². The van der Waals surface area contributed by atoms with Gasteiger partial charge in [0.1, 0.15) is 11.5 Å². The van der Waals surface area contributed by atoms with Crippen molar-refractivity contribution in [2.75, 3.05) is 40.5 Å². The van der Waals surface area contributed by atoms with Crippen LogP contribution in [0, 0.1) is 0 Å². The molecule has 0 saturated carbocycles. The number of rotatable bonds is 7. The van der Waals surface area contributed by atoms with Gasteiger partial charge in [-0.15, -0.1) is 0 Å². The van der Waals surface area contributed by atoms with Crippen molar-refractivity contribution in [1.29, 1.82) is 0 Å². The molecule has 9 heteroatoms. The maximum atomic E-state index is 13.0. The number of benzene rings is 2. The Balaban J connectivity index is 1.84. The first-order valence-corrected chi connectivity index (χ1v) is 11.1. The Kier molecular flexibility index (Phi) is 6.96. The molecule has 162 valence electrons. The molecular weight excluding hydrogens is 408 g/mol. The lowest BCUT2D eigenvalue weighted by Gasteiger charge is -2.27. The monoisotopic (exact) mass is 434 g/mol. The second kappa shape index (κ2) is 9.46. The molecule has 2 aromatic rings. The van der Waals surface area contributed by atoms with E-state index in [-0.39, 0.29) is 16.4 Å². The molecule has 1 atom stereocenters. The van der Waals surface area contributed by atoms with Crippen LogP contribution in [0.2, 0.25) is 0 Å². The molecule has 0 aliphatic carbocycles. The lowest BCUT2D eigenvalue weighted by atomic mass is 10.1. The minimum atomic E-state index is -3.87. The minimum absolute atomic E-state index is 0.000251. The maximum absolute atomic E-state index is 13.0. The summed E-state index contributed by atoms with van der Waals surface area (Å²) in [6.07, 6.45) is 0. The molecule has 1 heterocycles. The van der Waals surface area contributed by atoms with Crippen molar-refractivity contribution < 1.29 is 27.4 Å². The highest BCUT2D eigenvalue weighted by atomic mass is 32.2. The molecule has 8 nitrogen and oxygen atoms in total. The Morgan fingerprint density at radius 3 is 2.33 bits per heavy atom. The topological polar surface area (TPSA) is 94.2 Å². The zero-order valence-corrected chi connectivity index (χ0v) is 18.1. The first kappa shape index (κ1) is 22.1. The van der Waals surface area contributed by atoms with Crippen LogP contribution < -0.4 is 14.2 Å². The van der Waals surface area contributed by atoms with Crippen LogP contribution in [0.1, 0.15) is 28.9 Å². The van der Waals surface area contributed by atoms with E-state index in [0.29, 0.717) is 37.8 Å². The fourth-order valence-corrected chi connectivity index (χ4v) is 4.48. The molecule has 1 fully saturated rings. The molecule has 3 rings (SSSR count). The Hall–Kier alpha value is -2.62. The number of methoxy groups -OCH3 is 2. The van der Waals surface area contributed by atoms with Crippen LogP contribution >= 0.6 is 0 Å². The van der Waals surface area contributed by atoms with Crippen molar-refractivity contribution in [3.63, 3.8) is 0 Å². The van der Waals surface area contributed by atoms with E-state index in [1.54, 1.807) is 43.2 Å². The minimum Gasteiger partial charge on any atom is -0.497 e. The summed E-state index contributed by atoms with van der Waals surface area (Å²) in [6, 6.07) is 11.0. The van der Waals surface area contributed by atoms with Crippen molar-refractivity contribution in [2.45, 2.75) is 17.9 Å². The van der Waals surface area contributed by atoms with Gasteiger partial charge >= 0.3 is 0 Å². The Bertz CT molecular complexity index is 985. The summed E-state index contributed by atoms with van der Waals surface area (Å²) >= 11 is 0. The summed E-state index contributed by atoms with van der Waals surface area (Å²) in [5, 5.41) is 0. The number of hydrogen-bond acceptors (Lipinski definition) is 6. The average molecular weight is 435 g/mol. The van der Waals surface area contributed by atoms with Gasteiger partial charge in [-0.1, -0.05) is 12.1 Å². The normalized spacial score (nSPS) is 15.5. The number of carbonyl (C=O) groups is 1. The molecule has 1 N–H and O–H groups in total. The predicted molar refractivity (Wildman–Crippen MR) is 111 cm³/mol. The van der Waals surface area contributed by atoms with Crippen LogP contribution in [0.15, 0.2) is 47.4 Å². The standard InChI is InChI=1S/C21H26N2O6S/c1-15(16-4-6-17(27-2)7-5-16)22-30(25,26)18-8-9-20(28-3)19(14-18)21(24)23-10-12-29-13-11-23/h4-9,14-15,22H,10-13H2,1-3H3/t15-/m0/s1. The van der Waals surface area contributed by atoms with Crippen LogP contribution in [0.4, 0.5) is 0 Å². The van der Waals surface area contributed by atoms with Crippen molar-refractivity contribution in [1.82, 2.24) is 9.62 Å². The number of ether oxygens (including phenoxy) is 3. The van der Waals surface area contributed by atoms with Gasteiger partial charge < -0.3 is 19.1 Å². The maximum Gasteiger partial charge on any atom is 0.257 e. The summed E-state index contributed by atoms with van der Waals surface area (Å²) in [5.74, 6) is 0.735. The smallest absolute Gasteiger partial charge is 0.257 e. The van der Waals surface area contributed by atoms with E-state index in [1.807, 2.05) is 0 Å². The Morgan fingerprint density at radius 2 is 1.73 bits per heavy atom. The number of hydrogen-bond donors (Lipinski definition) is 1. The third-order valence-corrected chi connectivity index (χ3v) is 6.50. The van der Waals surface area contributed by atoms with E-state index in [9.17, 15) is 13.2 Å². The molecule has 0 bridgehead atoms. The molecule has 0 aromatic heterocycles. The van der Waals surface area contributed by atoms with E-state index in [4.69, 9.17) is 14.2 Å². The van der Waals surface area contributed by atoms with Crippen LogP contribution in [-0.2, 0) is 14.8 Å². The average Bonchev–Trinajstić information content (AvgIpc) is 2.78. The molecule has 1 aliphatic rings. The van der Waals surface area contributed by atoms with E-state index in [2.05, 4.69) is 4.72 Å². The summed E-state index contributed by atoms with van der Waals surface area (Å²) in [6.45, 7) is 3.56.